The van der Waals surface area contributed by atoms with Crippen LogP contribution < -0.4 is 10.9 Å². The van der Waals surface area contributed by atoms with E-state index < -0.39 is 5.60 Å². The first-order valence-corrected chi connectivity index (χ1v) is 10.5. The Hall–Kier alpha value is -2.90. The molecule has 0 spiro atoms. The lowest BCUT2D eigenvalue weighted by Gasteiger charge is -2.35. The Morgan fingerprint density at radius 2 is 1.67 bits per heavy atom. The first-order valence-electron chi connectivity index (χ1n) is 10.5. The van der Waals surface area contributed by atoms with Crippen LogP contribution in [-0.4, -0.2) is 58.5 Å². The second-order valence-electron chi connectivity index (χ2n) is 8.45. The van der Waals surface area contributed by atoms with E-state index in [1.165, 1.54) is 5.56 Å². The molecule has 1 saturated carbocycles. The summed E-state index contributed by atoms with van der Waals surface area (Å²) in [6.07, 6.45) is 1.10. The molecule has 3 aliphatic rings. The zero-order valence-electron chi connectivity index (χ0n) is 17.0. The van der Waals surface area contributed by atoms with Crippen molar-refractivity contribution in [3.05, 3.63) is 53.6 Å². The summed E-state index contributed by atoms with van der Waals surface area (Å²) in [5.74, 6) is -0.207. The van der Waals surface area contributed by atoms with Crippen LogP contribution in [0.2, 0.25) is 0 Å². The van der Waals surface area contributed by atoms with Crippen LogP contribution in [0.1, 0.15) is 41.7 Å². The molecule has 1 atom stereocenters. The lowest BCUT2D eigenvalue weighted by Crippen LogP contribution is -2.53. The predicted octanol–water partition coefficient (Wildman–Crippen LogP) is 2.15. The van der Waals surface area contributed by atoms with Gasteiger partial charge in [0.2, 0.25) is 0 Å². The smallest absolute Gasteiger partial charge is 0.254 e. The van der Waals surface area contributed by atoms with E-state index in [9.17, 15) is 14.7 Å². The van der Waals surface area contributed by atoms with Gasteiger partial charge in [-0.15, -0.1) is 0 Å². The lowest BCUT2D eigenvalue weighted by molar-refractivity contribution is -0.143. The lowest BCUT2D eigenvalue weighted by atomic mass is 9.94. The van der Waals surface area contributed by atoms with E-state index in [4.69, 9.17) is 0 Å². The number of fused-ring (bicyclic) bond motifs is 1. The van der Waals surface area contributed by atoms with Gasteiger partial charge in [0, 0.05) is 37.3 Å². The number of aliphatic hydroxyl groups is 1. The van der Waals surface area contributed by atoms with Crippen molar-refractivity contribution in [2.24, 2.45) is 0 Å². The molecular weight excluding hydrogens is 380 g/mol. The Morgan fingerprint density at radius 1 is 1.00 bits per heavy atom. The fourth-order valence-corrected chi connectivity index (χ4v) is 4.36. The van der Waals surface area contributed by atoms with Gasteiger partial charge in [-0.3, -0.25) is 9.59 Å². The van der Waals surface area contributed by atoms with Gasteiger partial charge in [-0.05, 0) is 49.1 Å². The summed E-state index contributed by atoms with van der Waals surface area (Å²) in [5, 5.41) is 10.0. The number of nitrogens with one attached hydrogen (secondary N) is 2. The minimum atomic E-state index is -1.14. The van der Waals surface area contributed by atoms with Crippen molar-refractivity contribution in [3.63, 3.8) is 0 Å². The number of carbonyl (C=O) groups is 2. The van der Waals surface area contributed by atoms with Crippen LogP contribution in [0.5, 0.6) is 0 Å². The van der Waals surface area contributed by atoms with Crippen molar-refractivity contribution >= 4 is 17.5 Å². The molecular formula is C23H26N4O3. The van der Waals surface area contributed by atoms with E-state index >= 15 is 0 Å². The van der Waals surface area contributed by atoms with Crippen molar-refractivity contribution < 1.29 is 14.7 Å². The Morgan fingerprint density at radius 3 is 2.33 bits per heavy atom. The molecule has 0 aromatic heterocycles. The van der Waals surface area contributed by atoms with Crippen molar-refractivity contribution in [2.75, 3.05) is 31.6 Å². The maximum absolute atomic E-state index is 12.9. The predicted molar refractivity (Wildman–Crippen MR) is 114 cm³/mol. The summed E-state index contributed by atoms with van der Waals surface area (Å²) in [4.78, 5) is 28.7. The largest absolute Gasteiger partial charge is 0.380 e. The van der Waals surface area contributed by atoms with Gasteiger partial charge in [0.25, 0.3) is 11.8 Å². The molecule has 0 radical (unpaired) electrons. The Balaban J connectivity index is 1.27. The van der Waals surface area contributed by atoms with E-state index in [0.717, 1.165) is 16.8 Å². The molecule has 1 unspecified atom stereocenters. The molecule has 7 heteroatoms. The quantitative estimate of drug-likeness (QED) is 0.727. The highest BCUT2D eigenvalue weighted by molar-refractivity contribution is 5.95. The van der Waals surface area contributed by atoms with Gasteiger partial charge in [0.15, 0.2) is 0 Å². The number of rotatable bonds is 3. The summed E-state index contributed by atoms with van der Waals surface area (Å²) in [7, 11) is 0. The van der Waals surface area contributed by atoms with Crippen molar-refractivity contribution in [1.29, 1.82) is 0 Å². The monoisotopic (exact) mass is 406 g/mol. The third-order valence-corrected chi connectivity index (χ3v) is 6.38. The van der Waals surface area contributed by atoms with Crippen LogP contribution in [0.4, 0.5) is 5.69 Å². The number of hydrazine groups is 1. The third-order valence-electron chi connectivity index (χ3n) is 6.38. The van der Waals surface area contributed by atoms with E-state index in [-0.39, 0.29) is 17.9 Å². The van der Waals surface area contributed by atoms with Crippen LogP contribution in [0.3, 0.4) is 0 Å². The van der Waals surface area contributed by atoms with Crippen LogP contribution in [-0.2, 0) is 4.79 Å². The SMILES string of the molecule is CC1NNc2cccc(-c3ccc(C(=O)N4CCN(C(=O)C5(O)CC5)CC4)cc3)c21. The Bertz CT molecular complexity index is 992. The third kappa shape index (κ3) is 3.24. The van der Waals surface area contributed by atoms with E-state index in [2.05, 4.69) is 29.9 Å². The molecule has 5 rings (SSSR count). The summed E-state index contributed by atoms with van der Waals surface area (Å²) in [6.45, 7) is 4.04. The molecule has 156 valence electrons. The number of carbonyl (C=O) groups excluding carboxylic acids is 2. The summed E-state index contributed by atoms with van der Waals surface area (Å²) < 4.78 is 0. The van der Waals surface area contributed by atoms with Gasteiger partial charge in [-0.2, -0.15) is 0 Å². The van der Waals surface area contributed by atoms with Crippen molar-refractivity contribution in [2.45, 2.75) is 31.4 Å². The highest BCUT2D eigenvalue weighted by atomic mass is 16.3. The minimum Gasteiger partial charge on any atom is -0.380 e. The fraction of sp³-hybridized carbons (Fsp3) is 0.391. The van der Waals surface area contributed by atoms with Crippen molar-refractivity contribution in [1.82, 2.24) is 15.2 Å². The highest BCUT2D eigenvalue weighted by Crippen LogP contribution is 2.38. The number of benzene rings is 2. The minimum absolute atomic E-state index is 0.0197. The van der Waals surface area contributed by atoms with Gasteiger partial charge in [0.1, 0.15) is 5.60 Å². The molecule has 0 bridgehead atoms. The van der Waals surface area contributed by atoms with Gasteiger partial charge in [-0.25, -0.2) is 5.43 Å². The summed E-state index contributed by atoms with van der Waals surface area (Å²) in [6, 6.07) is 14.1. The fourth-order valence-electron chi connectivity index (χ4n) is 4.36. The van der Waals surface area contributed by atoms with Crippen LogP contribution in [0, 0.1) is 0 Å². The molecule has 1 aliphatic carbocycles. The van der Waals surface area contributed by atoms with Gasteiger partial charge >= 0.3 is 0 Å². The van der Waals surface area contributed by atoms with Crippen molar-refractivity contribution in [3.8, 4) is 11.1 Å². The molecule has 7 nitrogen and oxygen atoms in total. The standard InChI is InChI=1S/C23H26N4O3/c1-15-20-18(3-2-4-19(20)25-24-15)16-5-7-17(8-6-16)21(28)26-11-13-27(14-12-26)22(29)23(30)9-10-23/h2-8,15,24-25,30H,9-14H2,1H3. The van der Waals surface area contributed by atoms with E-state index in [1.54, 1.807) is 9.80 Å². The Kier molecular flexibility index (Phi) is 4.52. The maximum atomic E-state index is 12.9. The van der Waals surface area contributed by atoms with E-state index in [1.807, 2.05) is 30.3 Å². The average molecular weight is 406 g/mol. The maximum Gasteiger partial charge on any atom is 0.254 e. The molecule has 2 aromatic rings. The Labute approximate surface area is 175 Å². The number of hydrogen-bond donors (Lipinski definition) is 3. The second kappa shape index (κ2) is 7.11. The molecule has 1 saturated heterocycles. The molecule has 30 heavy (non-hydrogen) atoms. The number of piperazine rings is 1. The molecule has 2 fully saturated rings. The molecule has 2 heterocycles. The summed E-state index contributed by atoms with van der Waals surface area (Å²) in [5.41, 5.74) is 10.5. The zero-order valence-corrected chi connectivity index (χ0v) is 17.0. The van der Waals surface area contributed by atoms with Crippen LogP contribution in [0.25, 0.3) is 11.1 Å². The highest BCUT2D eigenvalue weighted by Gasteiger charge is 2.50. The topological polar surface area (TPSA) is 84.9 Å². The zero-order chi connectivity index (χ0) is 20.9. The number of hydrogen-bond acceptors (Lipinski definition) is 5. The number of nitrogens with zero attached hydrogens (tertiary/aromatic N) is 2. The second-order valence-corrected chi connectivity index (χ2v) is 8.45. The first-order chi connectivity index (χ1) is 14.5. The first kappa shape index (κ1) is 19.1. The van der Waals surface area contributed by atoms with Gasteiger partial charge in [0.05, 0.1) is 11.7 Å². The van der Waals surface area contributed by atoms with Gasteiger partial charge < -0.3 is 20.3 Å². The van der Waals surface area contributed by atoms with Gasteiger partial charge in [-0.1, -0.05) is 24.3 Å². The van der Waals surface area contributed by atoms with Crippen LogP contribution >= 0.6 is 0 Å². The molecule has 3 N–H and O–H groups in total. The molecule has 2 amide bonds. The average Bonchev–Trinajstić information content (AvgIpc) is 3.43. The number of amides is 2. The normalized spacial score (nSPS) is 21.7. The molecule has 2 aliphatic heterocycles. The molecule has 2 aromatic carbocycles. The van der Waals surface area contributed by atoms with E-state index in [0.29, 0.717) is 44.6 Å². The summed E-state index contributed by atoms with van der Waals surface area (Å²) >= 11 is 0. The van der Waals surface area contributed by atoms with Crippen LogP contribution in [0.15, 0.2) is 42.5 Å². The number of anilines is 1.